The minimum absolute atomic E-state index is 0.197. The molecule has 0 aliphatic carbocycles. The quantitative estimate of drug-likeness (QED) is 0.611. The van der Waals surface area contributed by atoms with Crippen molar-refractivity contribution in [2.24, 2.45) is 5.92 Å². The minimum atomic E-state index is -0.197. The third-order valence-electron chi connectivity index (χ3n) is 2.37. The maximum Gasteiger partial charge on any atom is 0.315 e. The molecular formula is C12H22N4O2. The number of H-pyrrole nitrogens is 1. The predicted molar refractivity (Wildman–Crippen MR) is 69.1 cm³/mol. The molecule has 1 rings (SSSR count). The Hall–Kier alpha value is -1.56. The van der Waals surface area contributed by atoms with Crippen LogP contribution in [0.4, 0.5) is 4.79 Å². The molecule has 0 aliphatic rings. The lowest BCUT2D eigenvalue weighted by Gasteiger charge is -2.08. The molecule has 6 nitrogen and oxygen atoms in total. The van der Waals surface area contributed by atoms with Crippen LogP contribution in [0.1, 0.15) is 26.0 Å². The van der Waals surface area contributed by atoms with Crippen molar-refractivity contribution in [1.82, 2.24) is 20.8 Å². The Morgan fingerprint density at radius 2 is 2.28 bits per heavy atom. The molecule has 0 aliphatic heterocycles. The van der Waals surface area contributed by atoms with Crippen LogP contribution in [0.5, 0.6) is 0 Å². The van der Waals surface area contributed by atoms with Gasteiger partial charge < -0.3 is 15.4 Å². The van der Waals surface area contributed by atoms with Crippen molar-refractivity contribution in [2.75, 3.05) is 19.8 Å². The lowest BCUT2D eigenvalue weighted by atomic mass is 10.1. The van der Waals surface area contributed by atoms with Gasteiger partial charge in [-0.15, -0.1) is 0 Å². The van der Waals surface area contributed by atoms with E-state index in [1.807, 2.05) is 6.07 Å². The first-order chi connectivity index (χ1) is 8.68. The van der Waals surface area contributed by atoms with E-state index in [1.54, 1.807) is 6.20 Å². The monoisotopic (exact) mass is 254 g/mol. The number of aromatic nitrogens is 2. The second-order valence-electron chi connectivity index (χ2n) is 4.49. The Kier molecular flexibility index (Phi) is 6.86. The van der Waals surface area contributed by atoms with Gasteiger partial charge in [0.15, 0.2) is 0 Å². The van der Waals surface area contributed by atoms with Crippen molar-refractivity contribution in [1.29, 1.82) is 0 Å². The summed E-state index contributed by atoms with van der Waals surface area (Å²) in [5.74, 6) is 0.649. The minimum Gasteiger partial charge on any atom is -0.380 e. The molecule has 0 spiro atoms. The normalized spacial score (nSPS) is 10.6. The maximum atomic E-state index is 11.4. The number of hydrogen-bond acceptors (Lipinski definition) is 3. The average Bonchev–Trinajstić information content (AvgIpc) is 2.83. The van der Waals surface area contributed by atoms with E-state index in [4.69, 9.17) is 4.74 Å². The Bertz CT molecular complexity index is 325. The first kappa shape index (κ1) is 14.5. The van der Waals surface area contributed by atoms with Crippen molar-refractivity contribution >= 4 is 6.03 Å². The van der Waals surface area contributed by atoms with Gasteiger partial charge in [-0.1, -0.05) is 13.8 Å². The number of hydrogen-bond donors (Lipinski definition) is 3. The predicted octanol–water partition coefficient (Wildman–Crippen LogP) is 1.27. The average molecular weight is 254 g/mol. The molecule has 2 amide bonds. The highest BCUT2D eigenvalue weighted by Gasteiger charge is 2.00. The van der Waals surface area contributed by atoms with Gasteiger partial charge in [0.25, 0.3) is 0 Å². The zero-order valence-corrected chi connectivity index (χ0v) is 11.0. The standard InChI is InChI=1S/C12H22N4O2/c1-10(2)4-7-18-8-6-13-12(17)14-9-11-3-5-15-16-11/h3,5,10H,4,6-9H2,1-2H3,(H,15,16)(H2,13,14,17). The van der Waals surface area contributed by atoms with Gasteiger partial charge in [0, 0.05) is 19.3 Å². The lowest BCUT2D eigenvalue weighted by molar-refractivity contribution is 0.126. The molecule has 0 saturated heterocycles. The number of carbonyl (C=O) groups excluding carboxylic acids is 1. The highest BCUT2D eigenvalue weighted by atomic mass is 16.5. The summed E-state index contributed by atoms with van der Waals surface area (Å²) < 4.78 is 5.39. The van der Waals surface area contributed by atoms with Crippen LogP contribution in [0.2, 0.25) is 0 Å². The van der Waals surface area contributed by atoms with Crippen molar-refractivity contribution in [3.63, 3.8) is 0 Å². The van der Waals surface area contributed by atoms with Crippen LogP contribution in [-0.4, -0.2) is 36.0 Å². The number of carbonyl (C=O) groups is 1. The fraction of sp³-hybridized carbons (Fsp3) is 0.667. The van der Waals surface area contributed by atoms with Gasteiger partial charge in [0.05, 0.1) is 18.8 Å². The summed E-state index contributed by atoms with van der Waals surface area (Å²) in [5.41, 5.74) is 0.873. The summed E-state index contributed by atoms with van der Waals surface area (Å²) in [6, 6.07) is 1.62. The van der Waals surface area contributed by atoms with E-state index in [0.29, 0.717) is 25.6 Å². The van der Waals surface area contributed by atoms with Gasteiger partial charge in [-0.05, 0) is 18.4 Å². The van der Waals surface area contributed by atoms with E-state index >= 15 is 0 Å². The lowest BCUT2D eigenvalue weighted by Crippen LogP contribution is -2.37. The number of nitrogens with one attached hydrogen (secondary N) is 3. The van der Waals surface area contributed by atoms with Crippen molar-refractivity contribution in [3.05, 3.63) is 18.0 Å². The van der Waals surface area contributed by atoms with Gasteiger partial charge in [0.2, 0.25) is 0 Å². The van der Waals surface area contributed by atoms with Crippen LogP contribution in [0.25, 0.3) is 0 Å². The highest BCUT2D eigenvalue weighted by Crippen LogP contribution is 1.98. The summed E-state index contributed by atoms with van der Waals surface area (Å²) in [6.45, 7) is 6.57. The first-order valence-electron chi connectivity index (χ1n) is 6.26. The first-order valence-corrected chi connectivity index (χ1v) is 6.26. The summed E-state index contributed by atoms with van der Waals surface area (Å²) in [5, 5.41) is 12.0. The number of urea groups is 1. The Labute approximate surface area is 107 Å². The fourth-order valence-electron chi connectivity index (χ4n) is 1.28. The van der Waals surface area contributed by atoms with Gasteiger partial charge >= 0.3 is 6.03 Å². The molecule has 0 fully saturated rings. The molecule has 0 unspecified atom stereocenters. The molecule has 0 bridgehead atoms. The second kappa shape index (κ2) is 8.52. The van der Waals surface area contributed by atoms with Crippen LogP contribution >= 0.6 is 0 Å². The topological polar surface area (TPSA) is 79.0 Å². The van der Waals surface area contributed by atoms with E-state index in [0.717, 1.165) is 18.7 Å². The molecular weight excluding hydrogens is 232 g/mol. The fourth-order valence-corrected chi connectivity index (χ4v) is 1.28. The smallest absolute Gasteiger partial charge is 0.315 e. The van der Waals surface area contributed by atoms with E-state index in [9.17, 15) is 4.79 Å². The molecule has 102 valence electrons. The zero-order chi connectivity index (χ0) is 13.2. The molecule has 1 aromatic rings. The van der Waals surface area contributed by atoms with Crippen molar-refractivity contribution in [2.45, 2.75) is 26.8 Å². The molecule has 3 N–H and O–H groups in total. The van der Waals surface area contributed by atoms with Crippen LogP contribution < -0.4 is 10.6 Å². The van der Waals surface area contributed by atoms with Gasteiger partial charge in [-0.2, -0.15) is 5.10 Å². The molecule has 0 aromatic carbocycles. The van der Waals surface area contributed by atoms with E-state index in [-0.39, 0.29) is 6.03 Å². The molecule has 6 heteroatoms. The van der Waals surface area contributed by atoms with Crippen LogP contribution in [0.3, 0.4) is 0 Å². The molecule has 0 radical (unpaired) electrons. The number of nitrogens with zero attached hydrogens (tertiary/aromatic N) is 1. The van der Waals surface area contributed by atoms with E-state index in [1.165, 1.54) is 0 Å². The molecule has 18 heavy (non-hydrogen) atoms. The number of amides is 2. The third kappa shape index (κ3) is 6.90. The van der Waals surface area contributed by atoms with Crippen LogP contribution in [0.15, 0.2) is 12.3 Å². The molecule has 1 heterocycles. The molecule has 1 aromatic heterocycles. The summed E-state index contributed by atoms with van der Waals surface area (Å²) in [6.07, 6.45) is 2.70. The summed E-state index contributed by atoms with van der Waals surface area (Å²) in [4.78, 5) is 11.4. The molecule has 0 saturated carbocycles. The van der Waals surface area contributed by atoms with Gasteiger partial charge in [-0.25, -0.2) is 4.79 Å². The Balaban J connectivity index is 1.94. The zero-order valence-electron chi connectivity index (χ0n) is 11.0. The number of ether oxygens (including phenoxy) is 1. The van der Waals surface area contributed by atoms with E-state index in [2.05, 4.69) is 34.7 Å². The molecule has 0 atom stereocenters. The van der Waals surface area contributed by atoms with Gasteiger partial charge in [-0.3, -0.25) is 5.10 Å². The SMILES string of the molecule is CC(C)CCOCCNC(=O)NCc1ccn[nH]1. The van der Waals surface area contributed by atoms with Crippen molar-refractivity contribution < 1.29 is 9.53 Å². The second-order valence-corrected chi connectivity index (χ2v) is 4.49. The van der Waals surface area contributed by atoms with Crippen LogP contribution in [-0.2, 0) is 11.3 Å². The third-order valence-corrected chi connectivity index (χ3v) is 2.37. The largest absolute Gasteiger partial charge is 0.380 e. The Morgan fingerprint density at radius 1 is 1.44 bits per heavy atom. The van der Waals surface area contributed by atoms with E-state index < -0.39 is 0 Å². The summed E-state index contributed by atoms with van der Waals surface area (Å²) >= 11 is 0. The Morgan fingerprint density at radius 3 is 2.94 bits per heavy atom. The van der Waals surface area contributed by atoms with Crippen molar-refractivity contribution in [3.8, 4) is 0 Å². The maximum absolute atomic E-state index is 11.4. The summed E-state index contributed by atoms with van der Waals surface area (Å²) in [7, 11) is 0. The van der Waals surface area contributed by atoms with Gasteiger partial charge in [0.1, 0.15) is 0 Å². The highest BCUT2D eigenvalue weighted by molar-refractivity contribution is 5.73. The number of rotatable bonds is 8. The van der Waals surface area contributed by atoms with Crippen LogP contribution in [0, 0.1) is 5.92 Å². The number of aromatic amines is 1.